The normalized spacial score (nSPS) is 15.7. The second kappa shape index (κ2) is 18.3. The van der Waals surface area contributed by atoms with Gasteiger partial charge in [0.2, 0.25) is 5.91 Å². The number of ether oxygens (including phenoxy) is 2. The Kier molecular flexibility index (Phi) is 14.0. The number of nitrogens with zero attached hydrogens (tertiary/aromatic N) is 4. The van der Waals surface area contributed by atoms with Gasteiger partial charge in [-0.25, -0.2) is 4.79 Å². The molecule has 1 saturated heterocycles. The molecule has 3 N–H and O–H groups in total. The molecule has 1 fully saturated rings. The molecule has 0 saturated carbocycles. The molecule has 14 heteroatoms. The summed E-state index contributed by atoms with van der Waals surface area (Å²) in [6.07, 6.45) is 5.46. The summed E-state index contributed by atoms with van der Waals surface area (Å²) in [4.78, 5) is 40.0. The molecule has 12 nitrogen and oxygen atoms in total. The average Bonchev–Trinajstić information content (AvgIpc) is 3.73. The number of hydrogen-bond acceptors (Lipinski definition) is 9. The highest BCUT2D eigenvalue weighted by Crippen LogP contribution is 2.35. The number of aromatic nitrogens is 4. The molecule has 1 aromatic heterocycles. The van der Waals surface area contributed by atoms with Crippen LogP contribution < -0.4 is 10.1 Å². The summed E-state index contributed by atoms with van der Waals surface area (Å²) in [7, 11) is 0. The molecule has 1 aliphatic heterocycles. The topological polar surface area (TPSA) is 160 Å². The van der Waals surface area contributed by atoms with E-state index in [0.717, 1.165) is 25.7 Å². The maximum atomic E-state index is 15.9. The SMILES string of the molecule is CC(C)(O)CCCNC(=O)Oc1ccccc1CC(=O)O[C@H](/C=C/[C@H]1CCC(=O)N1CCCCCCc1nn[nH]n1)C(F)(F)c1ccccc1. The van der Waals surface area contributed by atoms with Crippen LogP contribution in [0.2, 0.25) is 0 Å². The summed E-state index contributed by atoms with van der Waals surface area (Å²) < 4.78 is 42.7. The minimum Gasteiger partial charge on any atom is -0.451 e. The lowest BCUT2D eigenvalue weighted by molar-refractivity contribution is -0.167. The lowest BCUT2D eigenvalue weighted by atomic mass is 10.0. The summed E-state index contributed by atoms with van der Waals surface area (Å²) >= 11 is 0. The molecule has 2 amide bonds. The van der Waals surface area contributed by atoms with E-state index >= 15 is 8.78 Å². The standard InChI is InChI=1S/C36H46F2N6O6/c1-35(2,48)22-12-23-39-34(47)49-29-16-10-9-13-26(29)25-33(46)50-30(36(37,38)27-14-6-5-7-15-27)20-18-28-19-21-32(45)44(28)24-11-4-3-8-17-31-40-42-43-41-31/h5-7,9-10,13-16,18,20,28,30,48H,3-4,8,11-12,17,19,21-25H2,1-2H3,(H,39,47)(H,40,41,42,43)/b20-18+/t28-,30+/m0/s1. The largest absolute Gasteiger partial charge is 0.451 e. The van der Waals surface area contributed by atoms with Gasteiger partial charge in [-0.3, -0.25) is 9.59 Å². The lowest BCUT2D eigenvalue weighted by Crippen LogP contribution is -2.36. The number of rotatable bonds is 19. The molecule has 0 radical (unpaired) electrons. The Morgan fingerprint density at radius 3 is 2.56 bits per heavy atom. The quantitative estimate of drug-likeness (QED) is 0.0843. The summed E-state index contributed by atoms with van der Waals surface area (Å²) in [5.74, 6) is -3.84. The summed E-state index contributed by atoms with van der Waals surface area (Å²) in [6, 6.07) is 13.0. The van der Waals surface area contributed by atoms with E-state index in [2.05, 4.69) is 25.9 Å². The molecule has 2 heterocycles. The van der Waals surface area contributed by atoms with Crippen LogP contribution in [0, 0.1) is 0 Å². The fourth-order valence-corrected chi connectivity index (χ4v) is 5.68. The molecular weight excluding hydrogens is 650 g/mol. The maximum absolute atomic E-state index is 15.9. The van der Waals surface area contributed by atoms with Crippen molar-refractivity contribution in [3.05, 3.63) is 83.7 Å². The highest BCUT2D eigenvalue weighted by atomic mass is 19.3. The highest BCUT2D eigenvalue weighted by molar-refractivity contribution is 5.79. The molecule has 2 atom stereocenters. The Morgan fingerprint density at radius 2 is 1.82 bits per heavy atom. The number of likely N-dealkylation sites (tertiary alicyclic amines) is 1. The van der Waals surface area contributed by atoms with Gasteiger partial charge in [-0.05, 0) is 58.1 Å². The number of hydrogen-bond donors (Lipinski definition) is 3. The van der Waals surface area contributed by atoms with Gasteiger partial charge in [0.05, 0.1) is 18.1 Å². The van der Waals surface area contributed by atoms with Gasteiger partial charge in [0.1, 0.15) is 5.75 Å². The number of tetrazole rings is 1. The number of esters is 1. The Hall–Kier alpha value is -4.72. The van der Waals surface area contributed by atoms with E-state index < -0.39 is 42.2 Å². The van der Waals surface area contributed by atoms with Gasteiger partial charge in [-0.15, -0.1) is 10.2 Å². The van der Waals surface area contributed by atoms with Crippen LogP contribution in [0.25, 0.3) is 0 Å². The zero-order valence-electron chi connectivity index (χ0n) is 28.5. The van der Waals surface area contributed by atoms with Crippen molar-refractivity contribution in [2.24, 2.45) is 0 Å². The molecule has 0 spiro atoms. The zero-order valence-corrected chi connectivity index (χ0v) is 28.5. The lowest BCUT2D eigenvalue weighted by Gasteiger charge is -2.27. The Balaban J connectivity index is 1.39. The molecule has 2 aromatic carbocycles. The first-order chi connectivity index (χ1) is 23.9. The number of amides is 2. The summed E-state index contributed by atoms with van der Waals surface area (Å²) in [5.41, 5.74) is -0.915. The minimum atomic E-state index is -3.58. The van der Waals surface area contributed by atoms with E-state index in [9.17, 15) is 19.5 Å². The fraction of sp³-hybridized carbons (Fsp3) is 0.500. The highest BCUT2D eigenvalue weighted by Gasteiger charge is 2.43. The number of alkyl halides is 2. The van der Waals surface area contributed by atoms with Crippen LogP contribution in [0.4, 0.5) is 13.6 Å². The van der Waals surface area contributed by atoms with Crippen molar-refractivity contribution < 1.29 is 37.7 Å². The van der Waals surface area contributed by atoms with E-state index in [1.807, 2.05) is 0 Å². The van der Waals surface area contributed by atoms with Crippen LogP contribution >= 0.6 is 0 Å². The third-order valence-electron chi connectivity index (χ3n) is 8.34. The monoisotopic (exact) mass is 696 g/mol. The molecule has 50 heavy (non-hydrogen) atoms. The van der Waals surface area contributed by atoms with Crippen LogP contribution in [0.5, 0.6) is 5.75 Å². The van der Waals surface area contributed by atoms with Gasteiger partial charge in [0.25, 0.3) is 0 Å². The third kappa shape index (κ3) is 12.0. The number of nitrogens with one attached hydrogen (secondary N) is 2. The number of para-hydroxylation sites is 1. The number of benzene rings is 2. The number of halogens is 2. The summed E-state index contributed by atoms with van der Waals surface area (Å²) in [6.45, 7) is 4.10. The van der Waals surface area contributed by atoms with Gasteiger partial charge in [0, 0.05) is 37.1 Å². The number of unbranched alkanes of at least 4 members (excludes halogenated alkanes) is 3. The average molecular weight is 697 g/mol. The maximum Gasteiger partial charge on any atom is 0.412 e. The molecule has 4 rings (SSSR count). The van der Waals surface area contributed by atoms with Crippen LogP contribution in [0.1, 0.15) is 82.2 Å². The number of aromatic amines is 1. The van der Waals surface area contributed by atoms with Crippen LogP contribution in [0.3, 0.4) is 0 Å². The van der Waals surface area contributed by atoms with E-state index in [0.29, 0.717) is 44.5 Å². The first-order valence-electron chi connectivity index (χ1n) is 17.0. The van der Waals surface area contributed by atoms with Crippen molar-refractivity contribution in [2.75, 3.05) is 13.1 Å². The molecule has 0 unspecified atom stereocenters. The molecule has 3 aromatic rings. The molecule has 1 aliphatic rings. The Bertz CT molecular complexity index is 1550. The molecule has 0 aliphatic carbocycles. The van der Waals surface area contributed by atoms with Gasteiger partial charge < -0.3 is 24.8 Å². The predicted molar refractivity (Wildman–Crippen MR) is 180 cm³/mol. The number of carbonyl (C=O) groups is 3. The van der Waals surface area contributed by atoms with Crippen molar-refractivity contribution >= 4 is 18.0 Å². The first-order valence-corrected chi connectivity index (χ1v) is 17.0. The van der Waals surface area contributed by atoms with Crippen molar-refractivity contribution in [2.45, 2.75) is 102 Å². The van der Waals surface area contributed by atoms with E-state index in [4.69, 9.17) is 9.47 Å². The number of H-pyrrole nitrogens is 1. The Labute approximate surface area is 290 Å². The van der Waals surface area contributed by atoms with Crippen molar-refractivity contribution in [3.8, 4) is 5.75 Å². The summed E-state index contributed by atoms with van der Waals surface area (Å²) in [5, 5.41) is 26.3. The van der Waals surface area contributed by atoms with Gasteiger partial charge >= 0.3 is 18.0 Å². The van der Waals surface area contributed by atoms with Crippen molar-refractivity contribution in [3.63, 3.8) is 0 Å². The fourth-order valence-electron chi connectivity index (χ4n) is 5.68. The smallest absolute Gasteiger partial charge is 0.412 e. The number of aryl methyl sites for hydroxylation is 1. The third-order valence-corrected chi connectivity index (χ3v) is 8.34. The number of carbonyl (C=O) groups excluding carboxylic acids is 3. The van der Waals surface area contributed by atoms with Crippen LogP contribution in [-0.4, -0.2) is 79.4 Å². The second-order valence-corrected chi connectivity index (χ2v) is 13.0. The van der Waals surface area contributed by atoms with E-state index in [1.165, 1.54) is 42.5 Å². The van der Waals surface area contributed by atoms with E-state index in [-0.39, 0.29) is 29.3 Å². The van der Waals surface area contributed by atoms with Crippen molar-refractivity contribution in [1.82, 2.24) is 30.8 Å². The van der Waals surface area contributed by atoms with Gasteiger partial charge in [0.15, 0.2) is 11.9 Å². The van der Waals surface area contributed by atoms with Gasteiger partial charge in [-0.2, -0.15) is 14.0 Å². The zero-order chi connectivity index (χ0) is 36.0. The predicted octanol–water partition coefficient (Wildman–Crippen LogP) is 5.44. The van der Waals surface area contributed by atoms with Gasteiger partial charge in [-0.1, -0.05) is 72.7 Å². The van der Waals surface area contributed by atoms with Crippen LogP contribution in [-0.2, 0) is 33.1 Å². The Morgan fingerprint density at radius 1 is 1.08 bits per heavy atom. The van der Waals surface area contributed by atoms with E-state index in [1.54, 1.807) is 43.0 Å². The molecule has 270 valence electrons. The van der Waals surface area contributed by atoms with Crippen LogP contribution in [0.15, 0.2) is 66.7 Å². The van der Waals surface area contributed by atoms with Crippen molar-refractivity contribution in [1.29, 1.82) is 0 Å². The second-order valence-electron chi connectivity index (χ2n) is 13.0. The number of aliphatic hydroxyl groups is 1. The first kappa shape index (κ1) is 38.1. The molecular formula is C36H46F2N6O6. The molecule has 0 bridgehead atoms. The minimum absolute atomic E-state index is 0.0484.